The summed E-state index contributed by atoms with van der Waals surface area (Å²) in [6.45, 7) is 57.5. The van der Waals surface area contributed by atoms with Crippen molar-refractivity contribution in [2.45, 2.75) is 220 Å². The zero-order chi connectivity index (χ0) is 113. The van der Waals surface area contributed by atoms with Crippen molar-refractivity contribution in [3.05, 3.63) is 319 Å². The molecule has 9 rings (SSSR count). The van der Waals surface area contributed by atoms with E-state index in [9.17, 15) is 76.7 Å². The Bertz CT molecular complexity index is 5340. The number of rotatable bonds is 30. The molecule has 0 aliphatic heterocycles. The van der Waals surface area contributed by atoms with Gasteiger partial charge < -0.3 is 15.2 Å². The van der Waals surface area contributed by atoms with Gasteiger partial charge in [0.05, 0.1) is 39.4 Å². The van der Waals surface area contributed by atoms with Crippen LogP contribution in [0, 0.1) is 55.4 Å². The Morgan fingerprint density at radius 1 is 0.276 bits per heavy atom. The Morgan fingerprint density at radius 2 is 0.490 bits per heavy atom. The van der Waals surface area contributed by atoms with Gasteiger partial charge in [0.2, 0.25) is 11.6 Å². The highest BCUT2D eigenvalue weighted by Gasteiger charge is 2.29. The summed E-state index contributed by atoms with van der Waals surface area (Å²) in [5.74, 6) is 28.3. The van der Waals surface area contributed by atoms with Crippen LogP contribution in [0.2, 0.25) is 0 Å². The first-order valence-electron chi connectivity index (χ1n) is 48.6. The number of nitrogens with zero attached hydrogens (tertiary/aromatic N) is 7. The lowest BCUT2D eigenvalue weighted by molar-refractivity contribution is -0.128. The van der Waals surface area contributed by atoms with Crippen molar-refractivity contribution >= 4 is 93.4 Å². The van der Waals surface area contributed by atoms with Crippen LogP contribution < -0.4 is 46.6 Å². The number of ketones is 9. The third-order valence-corrected chi connectivity index (χ3v) is 18.5. The minimum Gasteiger partial charge on any atom is -0.383 e. The Kier molecular flexibility index (Phi) is 85.9. The fourth-order valence-corrected chi connectivity index (χ4v) is 10.9. The number of ether oxygens (including phenoxy) is 2. The molecule has 0 fully saturated rings. The predicted molar refractivity (Wildman–Crippen MR) is 581 cm³/mol. The van der Waals surface area contributed by atoms with E-state index in [1.165, 1.54) is 14.2 Å². The summed E-state index contributed by atoms with van der Waals surface area (Å²) >= 11 is 0. The quantitative estimate of drug-likeness (QED) is 0.00517. The molecule has 0 aliphatic rings. The van der Waals surface area contributed by atoms with E-state index < -0.39 is 93.4 Å². The Labute approximate surface area is 862 Å². The Balaban J connectivity index is -0.000000295. The molecule has 0 heterocycles. The lowest BCUT2D eigenvalue weighted by atomic mass is 10.0. The van der Waals surface area contributed by atoms with E-state index in [2.05, 4.69) is 0 Å². The van der Waals surface area contributed by atoms with E-state index >= 15 is 0 Å². The highest BCUT2D eigenvalue weighted by atomic mass is 16.5. The second-order valence-corrected chi connectivity index (χ2v) is 28.7. The molecule has 16 N–H and O–H groups in total. The molecular weight excluding hydrogens is 1840 g/mol. The molecule has 0 unspecified atom stereocenters. The lowest BCUT2D eigenvalue weighted by Gasteiger charge is -2.19. The molecule has 0 aromatic heterocycles. The topological polar surface area (TPSA) is 522 Å². The average Bonchev–Trinajstić information content (AvgIpc) is 0.847. The maximum absolute atomic E-state index is 12.1. The number of carbonyl (C=O) groups excluding carboxylic acids is 16. The second kappa shape index (κ2) is 86.6. The molecule has 33 nitrogen and oxygen atoms in total. The van der Waals surface area contributed by atoms with Gasteiger partial charge in [-0.25, -0.2) is 40.9 Å². The van der Waals surface area contributed by atoms with Gasteiger partial charge in [-0.3, -0.25) is 112 Å². The number of carbonyl (C=O) groups is 16. The van der Waals surface area contributed by atoms with Crippen molar-refractivity contribution in [1.82, 2.24) is 35.1 Å². The van der Waals surface area contributed by atoms with Crippen molar-refractivity contribution in [2.24, 2.45) is 46.6 Å². The van der Waals surface area contributed by atoms with Gasteiger partial charge in [0.25, 0.3) is 40.5 Å². The van der Waals surface area contributed by atoms with Crippen LogP contribution in [-0.2, 0) is 54.4 Å². The number of likely N-dealkylation sites (N-methyl/N-ethyl adjacent to an activating group) is 2. The van der Waals surface area contributed by atoms with Gasteiger partial charge in [-0.15, -0.1) is 0 Å². The van der Waals surface area contributed by atoms with Gasteiger partial charge >= 0.3 is 41.4 Å². The van der Waals surface area contributed by atoms with Crippen LogP contribution in [0.1, 0.15) is 285 Å². The van der Waals surface area contributed by atoms with Crippen LogP contribution in [0.15, 0.2) is 224 Å². The number of hydrazine groups is 7. The smallest absolute Gasteiger partial charge is 0.309 e. The fourth-order valence-electron chi connectivity index (χ4n) is 10.9. The molecule has 7 amide bonds. The van der Waals surface area contributed by atoms with E-state index in [-0.39, 0.29) is 32.2 Å². The summed E-state index contributed by atoms with van der Waals surface area (Å²) in [6.07, 6.45) is 0.725. The predicted octanol–water partition coefficient (Wildman–Crippen LogP) is 16.4. The number of aryl methyl sites for hydroxylation is 8. The van der Waals surface area contributed by atoms with Crippen LogP contribution in [0.5, 0.6) is 0 Å². The average molecular weight is 2010 g/mol. The first-order valence-corrected chi connectivity index (χ1v) is 48.6. The van der Waals surface area contributed by atoms with Crippen molar-refractivity contribution in [3.63, 3.8) is 0 Å². The lowest BCUT2D eigenvalue weighted by Crippen LogP contribution is -2.46. The second-order valence-electron chi connectivity index (χ2n) is 28.7. The molecule has 0 aliphatic carbocycles. The molecule has 0 spiro atoms. The van der Waals surface area contributed by atoms with Gasteiger partial charge in [0.15, 0.2) is 0 Å². The first-order chi connectivity index (χ1) is 69.0. The van der Waals surface area contributed by atoms with Crippen molar-refractivity contribution in [3.8, 4) is 0 Å². The van der Waals surface area contributed by atoms with E-state index in [4.69, 9.17) is 56.1 Å². The van der Waals surface area contributed by atoms with Gasteiger partial charge in [-0.1, -0.05) is 342 Å². The van der Waals surface area contributed by atoms with Crippen molar-refractivity contribution in [2.75, 3.05) is 66.7 Å². The Morgan fingerprint density at radius 3 is 0.710 bits per heavy atom. The van der Waals surface area contributed by atoms with Crippen LogP contribution in [0.4, 0.5) is 0 Å². The van der Waals surface area contributed by atoms with Crippen molar-refractivity contribution < 1.29 is 86.2 Å². The van der Waals surface area contributed by atoms with Crippen molar-refractivity contribution in [1.29, 1.82) is 0 Å². The number of hydrogen-bond acceptors (Lipinski definition) is 26. The normalized spacial score (nSPS) is 9.21. The maximum atomic E-state index is 12.1. The molecule has 0 atom stereocenters. The molecule has 0 bridgehead atoms. The van der Waals surface area contributed by atoms with Gasteiger partial charge in [0.1, 0.15) is 0 Å². The third kappa shape index (κ3) is 54.3. The molecule has 0 saturated heterocycles. The summed E-state index contributed by atoms with van der Waals surface area (Å²) in [6, 6.07) is 64.7. The number of Topliss-reactive ketones (excluding diaryl/α,β-unsaturated/α-hetero) is 9. The van der Waals surface area contributed by atoms with Crippen LogP contribution in [0.25, 0.3) is 0 Å². The molecule has 0 saturated carbocycles. The van der Waals surface area contributed by atoms with E-state index in [1.807, 2.05) is 203 Å². The monoisotopic (exact) mass is 2010 g/mol. The minimum atomic E-state index is -0.726. The molecular formula is C112H167N15O18. The summed E-state index contributed by atoms with van der Waals surface area (Å²) in [7, 11) is 2.85. The van der Waals surface area contributed by atoms with E-state index in [0.29, 0.717) is 77.4 Å². The Hall–Kier alpha value is -14.1. The third-order valence-electron chi connectivity index (χ3n) is 18.5. The molecule has 33 heteroatoms. The summed E-state index contributed by atoms with van der Waals surface area (Å²) in [5.41, 5.74) is 15.4. The van der Waals surface area contributed by atoms with Gasteiger partial charge in [0, 0.05) is 84.4 Å². The summed E-state index contributed by atoms with van der Waals surface area (Å²) in [5, 5.41) is 6.33. The number of hydrogen-bond donors (Lipinski definition) is 8. The van der Waals surface area contributed by atoms with Gasteiger partial charge in [-0.05, 0) is 140 Å². The summed E-state index contributed by atoms with van der Waals surface area (Å²) in [4.78, 5) is 187. The van der Waals surface area contributed by atoms with Crippen LogP contribution in [0.3, 0.4) is 0 Å². The maximum Gasteiger partial charge on any atom is 0.309 e. The minimum absolute atomic E-state index is 0.187. The van der Waals surface area contributed by atoms with Crippen LogP contribution >= 0.6 is 0 Å². The molecule has 9 aromatic rings. The highest BCUT2D eigenvalue weighted by Crippen LogP contribution is 2.17. The SMILES string of the molecule is CC.CC.CC.CC.CC.CC.CC.CC.CCCN(N)C(=O)C(=O)c1ccccc1C.CCN(N)C(=O)C(=O)c1ccccc1C.CCOCCN(N)C(=O)C(=O)c1ccccc1C.COCCN(N)C(=O)C(=O)c1ccccc1C.Cc1ccccc1C(=O)C(=O)CN.Cc1ccccc1C(=O)C(=O)N(C)N.Cc1ccccc1C(=O)C(=O)N(N)C(C)C.Cc1ccccc1C(=O)C(=O)N(N)Cc1ccccc1. The van der Waals surface area contributed by atoms with Gasteiger partial charge in [-0.2, -0.15) is 0 Å². The molecule has 9 aromatic carbocycles. The van der Waals surface area contributed by atoms with E-state index in [1.54, 1.807) is 222 Å². The molecule has 145 heavy (non-hydrogen) atoms. The standard InChI is InChI=1S/C16H16N2O2.C13H18N2O3.C12H16N2O3.2C12H16N2O2.C11H14N2O2.C10H12N2O2.C10H11NO2.8C2H6/c1-12-7-5-6-10-14(12)15(19)16(20)18(17)11-13-8-3-2-4-9-13;1-3-18-9-8-15(14)13(17)12(16)11-7-5-4-6-10(11)2;1-9-5-3-4-6-10(9)11(15)12(16)14(13)7-8-17-2;1-8(2)14(13)12(16)11(15)10-7-5-4-6-9(10)3;1-3-8-14(13)12(16)11(15)10-7-5-4-6-9(10)2;1-3-13(12)11(15)10(14)9-7-5-4-6-8(9)2;1-7-5-3-4-6-8(7)9(13)10(14)12(2)11;1-7-4-2-3-5-8(7)10(13)9(12)6-11;8*1-2/h2-10H,11,17H2,1H3;4-7H,3,8-9,14H2,1-2H3;3-6H,7-8,13H2,1-2H3;4-8H,13H2,1-3H3;4-7H,3,8,13H2,1-2H3;4-7H,3,12H2,1-2H3;3-6H,11H2,1-2H3;2-5H,6,11H2,1H3;8*1-2H3. The number of benzene rings is 9. The first kappa shape index (κ1) is 144. The van der Waals surface area contributed by atoms with Crippen LogP contribution in [-0.4, -0.2) is 201 Å². The zero-order valence-corrected chi connectivity index (χ0v) is 91.6. The zero-order valence-electron chi connectivity index (χ0n) is 91.6. The number of methoxy groups -OCH3 is 1. The number of amides is 7. The summed E-state index contributed by atoms with van der Waals surface area (Å²) < 4.78 is 9.86. The molecule has 0 radical (unpaired) electrons. The highest BCUT2D eigenvalue weighted by molar-refractivity contribution is 6.47. The van der Waals surface area contributed by atoms with E-state index in [0.717, 1.165) is 91.6 Å². The molecule has 798 valence electrons. The number of nitrogens with two attached hydrogens (primary N) is 8. The largest absolute Gasteiger partial charge is 0.383 e. The fraction of sp³-hybridized carbons (Fsp3) is 0.375.